The first-order valence-electron chi connectivity index (χ1n) is 14.5. The molecule has 2 rings (SSSR count). The lowest BCUT2D eigenvalue weighted by Gasteiger charge is -2.41. The molecule has 0 bridgehead atoms. The van der Waals surface area contributed by atoms with Crippen molar-refractivity contribution in [3.05, 3.63) is 71.8 Å². The van der Waals surface area contributed by atoms with E-state index in [0.717, 1.165) is 11.1 Å². The van der Waals surface area contributed by atoms with Crippen LogP contribution in [0.5, 0.6) is 0 Å². The molecular formula is C33H49NO5Si. The molecule has 2 aromatic carbocycles. The van der Waals surface area contributed by atoms with Gasteiger partial charge >= 0.3 is 12.1 Å². The molecule has 0 aromatic heterocycles. The highest BCUT2D eigenvalue weighted by atomic mass is 28.4. The molecule has 7 heteroatoms. The van der Waals surface area contributed by atoms with E-state index in [1.165, 1.54) is 0 Å². The fourth-order valence-electron chi connectivity index (χ4n) is 5.69. The van der Waals surface area contributed by atoms with Crippen molar-refractivity contribution in [2.75, 3.05) is 0 Å². The van der Waals surface area contributed by atoms with Crippen LogP contribution >= 0.6 is 0 Å². The molecular weight excluding hydrogens is 518 g/mol. The molecule has 40 heavy (non-hydrogen) atoms. The van der Waals surface area contributed by atoms with Crippen LogP contribution in [0.3, 0.4) is 0 Å². The molecule has 0 saturated carbocycles. The highest BCUT2D eigenvalue weighted by Gasteiger charge is 2.48. The summed E-state index contributed by atoms with van der Waals surface area (Å²) < 4.78 is 12.0. The molecule has 1 N–H and O–H groups in total. The number of carbonyl (C=O) groups is 3. The number of hydrogen-bond donors (Lipinski definition) is 1. The summed E-state index contributed by atoms with van der Waals surface area (Å²) in [4.78, 5) is 40.5. The van der Waals surface area contributed by atoms with Gasteiger partial charge in [-0.1, -0.05) is 102 Å². The van der Waals surface area contributed by atoms with E-state index in [2.05, 4.69) is 46.9 Å². The van der Waals surface area contributed by atoms with Gasteiger partial charge in [0.25, 0.3) is 8.32 Å². The van der Waals surface area contributed by atoms with Crippen LogP contribution in [0, 0.1) is 5.92 Å². The average Bonchev–Trinajstić information content (AvgIpc) is 2.86. The molecule has 6 nitrogen and oxygen atoms in total. The number of benzene rings is 2. The van der Waals surface area contributed by atoms with E-state index in [4.69, 9.17) is 9.16 Å². The molecule has 1 amide bonds. The second-order valence-electron chi connectivity index (χ2n) is 12.7. The number of esters is 1. The smallest absolute Gasteiger partial charge is 0.394 e. The maximum Gasteiger partial charge on any atom is 0.394 e. The third-order valence-corrected chi connectivity index (χ3v) is 13.4. The lowest BCUT2D eigenvalue weighted by atomic mass is 9.90. The van der Waals surface area contributed by atoms with E-state index in [9.17, 15) is 14.4 Å². The summed E-state index contributed by atoms with van der Waals surface area (Å²) in [6.07, 6.45) is 0.0614. The van der Waals surface area contributed by atoms with Crippen molar-refractivity contribution >= 4 is 26.2 Å². The summed E-state index contributed by atoms with van der Waals surface area (Å²) in [5, 5.41) is 2.91. The van der Waals surface area contributed by atoms with E-state index in [0.29, 0.717) is 12.8 Å². The minimum absolute atomic E-state index is 0.0529. The maximum atomic E-state index is 13.9. The Morgan fingerprint density at radius 1 is 0.750 bits per heavy atom. The van der Waals surface area contributed by atoms with Crippen molar-refractivity contribution in [1.82, 2.24) is 5.32 Å². The van der Waals surface area contributed by atoms with Gasteiger partial charge in [-0.2, -0.15) is 0 Å². The monoisotopic (exact) mass is 567 g/mol. The molecule has 0 heterocycles. The summed E-state index contributed by atoms with van der Waals surface area (Å²) in [5.41, 5.74) is 1.81. The van der Waals surface area contributed by atoms with Gasteiger partial charge in [0.15, 0.2) is 5.78 Å². The summed E-state index contributed by atoms with van der Waals surface area (Å²) in [6.45, 7) is 18.1. The Balaban J connectivity index is 2.35. The zero-order valence-electron chi connectivity index (χ0n) is 25.8. The maximum absolute atomic E-state index is 13.9. The van der Waals surface area contributed by atoms with Gasteiger partial charge in [0, 0.05) is 6.42 Å². The lowest BCUT2D eigenvalue weighted by Crippen LogP contribution is -2.53. The number of ketones is 1. The lowest BCUT2D eigenvalue weighted by molar-refractivity contribution is -0.161. The van der Waals surface area contributed by atoms with Crippen molar-refractivity contribution in [3.8, 4) is 0 Å². The SMILES string of the molecule is CC(C)[Si](OC(=O)N[C@@H](Cc1ccccc1)C(=O)C[C@@H](Cc1ccccc1)C(=O)OC(C)(C)C)(C(C)C)C(C)C. The third kappa shape index (κ3) is 9.61. The molecule has 2 aromatic rings. The number of carbonyl (C=O) groups excluding carboxylic acids is 3. The van der Waals surface area contributed by atoms with Crippen LogP contribution < -0.4 is 5.32 Å². The normalized spacial score (nSPS) is 13.7. The molecule has 0 aliphatic heterocycles. The number of amides is 1. The fraction of sp³-hybridized carbons (Fsp3) is 0.545. The van der Waals surface area contributed by atoms with Crippen LogP contribution in [0.2, 0.25) is 16.6 Å². The molecule has 0 unspecified atom stereocenters. The van der Waals surface area contributed by atoms with Crippen molar-refractivity contribution < 1.29 is 23.5 Å². The second kappa shape index (κ2) is 14.6. The van der Waals surface area contributed by atoms with Crippen LogP contribution in [0.1, 0.15) is 79.9 Å². The number of hydrogen-bond acceptors (Lipinski definition) is 5. The third-order valence-electron chi connectivity index (χ3n) is 7.45. The van der Waals surface area contributed by atoms with Crippen molar-refractivity contribution in [3.63, 3.8) is 0 Å². The van der Waals surface area contributed by atoms with Gasteiger partial charge in [0.1, 0.15) is 5.60 Å². The van der Waals surface area contributed by atoms with E-state index in [-0.39, 0.29) is 28.8 Å². The van der Waals surface area contributed by atoms with E-state index in [1.807, 2.05) is 81.4 Å². The second-order valence-corrected chi connectivity index (χ2v) is 18.1. The van der Waals surface area contributed by atoms with E-state index < -0.39 is 37.9 Å². The molecule has 220 valence electrons. The minimum Gasteiger partial charge on any atom is -0.503 e. The quantitative estimate of drug-likeness (QED) is 0.198. The van der Waals surface area contributed by atoms with Crippen LogP contribution in [0.15, 0.2) is 60.7 Å². The molecule has 0 spiro atoms. The Labute approximate surface area is 242 Å². The minimum atomic E-state index is -2.51. The first kappa shape index (κ1) is 33.3. The molecule has 0 radical (unpaired) electrons. The van der Waals surface area contributed by atoms with E-state index in [1.54, 1.807) is 0 Å². The summed E-state index contributed by atoms with van der Waals surface area (Å²) in [6, 6.07) is 18.3. The standard InChI is InChI=1S/C33H49NO5Si/c1-23(2)40(24(3)4,25(5)6)39-32(37)34-29(21-27-18-14-11-15-19-27)30(35)22-28(31(36)38-33(7,8)9)20-26-16-12-10-13-17-26/h10-19,23-25,28-29H,20-22H2,1-9H3,(H,34,37)/t28-,29+/m1/s1. The highest BCUT2D eigenvalue weighted by Crippen LogP contribution is 2.42. The van der Waals surface area contributed by atoms with Gasteiger partial charge in [-0.25, -0.2) is 4.79 Å². The Hall–Kier alpha value is -2.93. The van der Waals surface area contributed by atoms with Gasteiger partial charge in [-0.15, -0.1) is 0 Å². The first-order chi connectivity index (χ1) is 18.7. The van der Waals surface area contributed by atoms with Gasteiger partial charge < -0.3 is 14.5 Å². The molecule has 0 aliphatic rings. The zero-order chi connectivity index (χ0) is 30.1. The van der Waals surface area contributed by atoms with Crippen molar-refractivity contribution in [1.29, 1.82) is 0 Å². The zero-order valence-corrected chi connectivity index (χ0v) is 26.8. The van der Waals surface area contributed by atoms with Gasteiger partial charge in [0.2, 0.25) is 0 Å². The number of ether oxygens (including phenoxy) is 1. The molecule has 0 fully saturated rings. The Bertz CT molecular complexity index is 1070. The van der Waals surface area contributed by atoms with Gasteiger partial charge in [-0.3, -0.25) is 9.59 Å². The predicted molar refractivity (Wildman–Crippen MR) is 164 cm³/mol. The van der Waals surface area contributed by atoms with Gasteiger partial charge in [0.05, 0.1) is 12.0 Å². The first-order valence-corrected chi connectivity index (χ1v) is 16.6. The number of rotatable bonds is 13. The molecule has 2 atom stereocenters. The Morgan fingerprint density at radius 2 is 1.20 bits per heavy atom. The van der Waals surface area contributed by atoms with Gasteiger partial charge in [-0.05, 0) is 61.4 Å². The topological polar surface area (TPSA) is 81.7 Å². The van der Waals surface area contributed by atoms with E-state index >= 15 is 0 Å². The number of nitrogens with one attached hydrogen (secondary N) is 1. The van der Waals surface area contributed by atoms with Crippen LogP contribution in [0.4, 0.5) is 4.79 Å². The Kier molecular flexibility index (Phi) is 12.2. The van der Waals surface area contributed by atoms with Crippen LogP contribution in [0.25, 0.3) is 0 Å². The highest BCUT2D eigenvalue weighted by molar-refractivity contribution is 6.78. The molecule has 0 aliphatic carbocycles. The summed E-state index contributed by atoms with van der Waals surface area (Å²) in [7, 11) is -2.51. The van der Waals surface area contributed by atoms with Crippen molar-refractivity contribution in [2.45, 2.75) is 110 Å². The van der Waals surface area contributed by atoms with Crippen LogP contribution in [-0.4, -0.2) is 37.8 Å². The van der Waals surface area contributed by atoms with Crippen molar-refractivity contribution in [2.24, 2.45) is 5.92 Å². The largest absolute Gasteiger partial charge is 0.503 e. The predicted octanol–water partition coefficient (Wildman–Crippen LogP) is 7.66. The van der Waals surface area contributed by atoms with Crippen LogP contribution in [-0.2, 0) is 31.6 Å². The Morgan fingerprint density at radius 3 is 1.62 bits per heavy atom. The summed E-state index contributed by atoms with van der Waals surface area (Å²) >= 11 is 0. The average molecular weight is 568 g/mol. The summed E-state index contributed by atoms with van der Waals surface area (Å²) in [5.74, 6) is -1.32. The molecule has 0 saturated heterocycles. The fourth-order valence-corrected chi connectivity index (χ4v) is 10.8. The number of Topliss-reactive ketones (excluding diaryl/α,β-unsaturated/α-hetero) is 1.